The van der Waals surface area contributed by atoms with Crippen LogP contribution in [0.15, 0.2) is 0 Å². The number of likely N-dealkylation sites (tertiary alicyclic amines) is 2. The molecule has 1 spiro atoms. The average Bonchev–Trinajstić information content (AvgIpc) is 3.05. The maximum absolute atomic E-state index is 12.1. The van der Waals surface area contributed by atoms with Crippen molar-refractivity contribution >= 4 is 11.9 Å². The Morgan fingerprint density at radius 1 is 1.38 bits per heavy atom. The minimum absolute atomic E-state index is 0.0508. The summed E-state index contributed by atoms with van der Waals surface area (Å²) < 4.78 is 6.06. The van der Waals surface area contributed by atoms with Crippen molar-refractivity contribution in [2.75, 3.05) is 40.3 Å². The summed E-state index contributed by atoms with van der Waals surface area (Å²) in [6.07, 6.45) is 4.35. The molecule has 0 aromatic carbocycles. The molecule has 3 aliphatic heterocycles. The molecule has 0 radical (unpaired) electrons. The SMILES string of the molecule is CN(C)C(=O)N1CC[C@@]2(C[C@H](N3CCCC3=O)CCO2)C1. The van der Waals surface area contributed by atoms with E-state index in [4.69, 9.17) is 4.74 Å². The lowest BCUT2D eigenvalue weighted by atomic mass is 9.89. The fraction of sp³-hybridized carbons (Fsp3) is 0.867. The van der Waals surface area contributed by atoms with E-state index in [1.54, 1.807) is 19.0 Å². The van der Waals surface area contributed by atoms with E-state index in [2.05, 4.69) is 0 Å². The Balaban J connectivity index is 1.66. The van der Waals surface area contributed by atoms with Gasteiger partial charge >= 0.3 is 6.03 Å². The molecule has 0 N–H and O–H groups in total. The Bertz CT molecular complexity index is 440. The summed E-state index contributed by atoms with van der Waals surface area (Å²) in [4.78, 5) is 29.6. The van der Waals surface area contributed by atoms with Gasteiger partial charge in [0.2, 0.25) is 5.91 Å². The van der Waals surface area contributed by atoms with E-state index in [0.29, 0.717) is 25.6 Å². The first kappa shape index (κ1) is 14.6. The van der Waals surface area contributed by atoms with Crippen LogP contribution in [0.5, 0.6) is 0 Å². The van der Waals surface area contributed by atoms with Crippen LogP contribution in [0.3, 0.4) is 0 Å². The van der Waals surface area contributed by atoms with Crippen LogP contribution < -0.4 is 0 Å². The summed E-state index contributed by atoms with van der Waals surface area (Å²) in [5.41, 5.74) is -0.239. The van der Waals surface area contributed by atoms with Gasteiger partial charge in [0.25, 0.3) is 0 Å². The molecule has 0 unspecified atom stereocenters. The van der Waals surface area contributed by atoms with Gasteiger partial charge in [0.15, 0.2) is 0 Å². The number of hydrogen-bond acceptors (Lipinski definition) is 3. The van der Waals surface area contributed by atoms with Gasteiger partial charge in [0.1, 0.15) is 0 Å². The van der Waals surface area contributed by atoms with Gasteiger partial charge < -0.3 is 19.4 Å². The van der Waals surface area contributed by atoms with Crippen molar-refractivity contribution < 1.29 is 14.3 Å². The topological polar surface area (TPSA) is 53.1 Å². The lowest BCUT2D eigenvalue weighted by molar-refractivity contribution is -0.137. The van der Waals surface area contributed by atoms with Gasteiger partial charge in [-0.25, -0.2) is 4.79 Å². The Labute approximate surface area is 126 Å². The van der Waals surface area contributed by atoms with Gasteiger partial charge in [-0.15, -0.1) is 0 Å². The van der Waals surface area contributed by atoms with Crippen LogP contribution in [0, 0.1) is 0 Å². The number of carbonyl (C=O) groups excluding carboxylic acids is 2. The molecule has 0 aliphatic carbocycles. The van der Waals surface area contributed by atoms with Crippen LogP contribution in [0.1, 0.15) is 32.1 Å². The predicted octanol–water partition coefficient (Wildman–Crippen LogP) is 0.914. The second kappa shape index (κ2) is 5.48. The molecule has 2 atom stereocenters. The van der Waals surface area contributed by atoms with Crippen LogP contribution >= 0.6 is 0 Å². The summed E-state index contributed by atoms with van der Waals surface area (Å²) >= 11 is 0. The average molecular weight is 295 g/mol. The predicted molar refractivity (Wildman–Crippen MR) is 77.9 cm³/mol. The van der Waals surface area contributed by atoms with Crippen LogP contribution in [0.4, 0.5) is 4.79 Å². The minimum atomic E-state index is -0.239. The number of nitrogens with zero attached hydrogens (tertiary/aromatic N) is 3. The molecule has 3 fully saturated rings. The first-order chi connectivity index (χ1) is 10.0. The summed E-state index contributed by atoms with van der Waals surface area (Å²) in [6, 6.07) is 0.345. The molecular formula is C15H25N3O3. The fourth-order valence-corrected chi connectivity index (χ4v) is 3.90. The third-order valence-corrected chi connectivity index (χ3v) is 4.99. The maximum atomic E-state index is 12.1. The van der Waals surface area contributed by atoms with Crippen molar-refractivity contribution in [2.45, 2.75) is 43.7 Å². The molecule has 3 aliphatic rings. The van der Waals surface area contributed by atoms with E-state index in [9.17, 15) is 9.59 Å². The number of carbonyl (C=O) groups is 2. The Kier molecular flexibility index (Phi) is 3.82. The van der Waals surface area contributed by atoms with E-state index in [-0.39, 0.29) is 17.5 Å². The van der Waals surface area contributed by atoms with Gasteiger partial charge in [-0.05, 0) is 25.7 Å². The minimum Gasteiger partial charge on any atom is -0.373 e. The zero-order valence-electron chi connectivity index (χ0n) is 13.0. The molecule has 0 saturated carbocycles. The van der Waals surface area contributed by atoms with E-state index in [1.165, 1.54) is 0 Å². The van der Waals surface area contributed by atoms with Crippen LogP contribution in [0.25, 0.3) is 0 Å². The van der Waals surface area contributed by atoms with Gasteiger partial charge in [-0.3, -0.25) is 4.79 Å². The molecule has 3 heterocycles. The Morgan fingerprint density at radius 2 is 2.19 bits per heavy atom. The second-order valence-electron chi connectivity index (χ2n) is 6.72. The molecule has 3 amide bonds. The molecule has 3 rings (SSSR count). The van der Waals surface area contributed by atoms with Gasteiger partial charge in [-0.2, -0.15) is 0 Å². The first-order valence-corrected chi connectivity index (χ1v) is 7.90. The monoisotopic (exact) mass is 295 g/mol. The summed E-state index contributed by atoms with van der Waals surface area (Å²) in [7, 11) is 3.56. The van der Waals surface area contributed by atoms with Gasteiger partial charge in [0.05, 0.1) is 12.1 Å². The van der Waals surface area contributed by atoms with Crippen molar-refractivity contribution in [3.8, 4) is 0 Å². The lowest BCUT2D eigenvalue weighted by Crippen LogP contribution is -2.51. The molecule has 0 aromatic heterocycles. The zero-order chi connectivity index (χ0) is 15.0. The van der Waals surface area contributed by atoms with E-state index in [1.807, 2.05) is 9.80 Å². The zero-order valence-corrected chi connectivity index (χ0v) is 13.0. The van der Waals surface area contributed by atoms with Crippen molar-refractivity contribution in [1.82, 2.24) is 14.7 Å². The third kappa shape index (κ3) is 2.73. The largest absolute Gasteiger partial charge is 0.373 e. The highest BCUT2D eigenvalue weighted by atomic mass is 16.5. The number of hydrogen-bond donors (Lipinski definition) is 0. The molecule has 0 aromatic rings. The first-order valence-electron chi connectivity index (χ1n) is 7.90. The molecule has 21 heavy (non-hydrogen) atoms. The van der Waals surface area contributed by atoms with Gasteiger partial charge in [-0.1, -0.05) is 0 Å². The smallest absolute Gasteiger partial charge is 0.319 e. The Morgan fingerprint density at radius 3 is 2.86 bits per heavy atom. The number of rotatable bonds is 1. The summed E-state index contributed by atoms with van der Waals surface area (Å²) in [6.45, 7) is 2.98. The highest BCUT2D eigenvalue weighted by Crippen LogP contribution is 2.37. The highest BCUT2D eigenvalue weighted by molar-refractivity contribution is 5.78. The normalized spacial score (nSPS) is 33.0. The molecule has 0 bridgehead atoms. The molecule has 6 heteroatoms. The standard InChI is InChI=1S/C15H25N3O3/c1-16(2)14(20)17-8-6-15(11-17)10-12(5-9-21-15)18-7-3-4-13(18)19/h12H,3-11H2,1-2H3/t12-,15-/m1/s1. The number of ether oxygens (including phenoxy) is 1. The van der Waals surface area contributed by atoms with Crippen LogP contribution in [0.2, 0.25) is 0 Å². The van der Waals surface area contributed by atoms with E-state index < -0.39 is 0 Å². The number of urea groups is 1. The van der Waals surface area contributed by atoms with E-state index >= 15 is 0 Å². The van der Waals surface area contributed by atoms with Crippen molar-refractivity contribution in [1.29, 1.82) is 0 Å². The third-order valence-electron chi connectivity index (χ3n) is 4.99. The quantitative estimate of drug-likeness (QED) is 0.722. The van der Waals surface area contributed by atoms with Crippen molar-refractivity contribution in [3.63, 3.8) is 0 Å². The highest BCUT2D eigenvalue weighted by Gasteiger charge is 2.46. The maximum Gasteiger partial charge on any atom is 0.319 e. The van der Waals surface area contributed by atoms with E-state index in [0.717, 1.165) is 38.8 Å². The molecule has 6 nitrogen and oxygen atoms in total. The molecule has 118 valence electrons. The van der Waals surface area contributed by atoms with Crippen molar-refractivity contribution in [3.05, 3.63) is 0 Å². The number of amides is 3. The fourth-order valence-electron chi connectivity index (χ4n) is 3.90. The lowest BCUT2D eigenvalue weighted by Gasteiger charge is -2.41. The van der Waals surface area contributed by atoms with Crippen LogP contribution in [-0.4, -0.2) is 78.6 Å². The van der Waals surface area contributed by atoms with Gasteiger partial charge in [0, 0.05) is 46.3 Å². The second-order valence-corrected chi connectivity index (χ2v) is 6.72. The Hall–Kier alpha value is -1.30. The van der Waals surface area contributed by atoms with Crippen LogP contribution in [-0.2, 0) is 9.53 Å². The molecular weight excluding hydrogens is 270 g/mol. The van der Waals surface area contributed by atoms with Crippen molar-refractivity contribution in [2.24, 2.45) is 0 Å². The summed E-state index contributed by atoms with van der Waals surface area (Å²) in [5.74, 6) is 0.288. The summed E-state index contributed by atoms with van der Waals surface area (Å²) in [5, 5.41) is 0. The molecule has 3 saturated heterocycles.